The Hall–Kier alpha value is -1.54. The van der Waals surface area contributed by atoms with Crippen LogP contribution in [-0.4, -0.2) is 21.8 Å². The Morgan fingerprint density at radius 2 is 2.06 bits per heavy atom. The Balaban J connectivity index is 2.65. The van der Waals surface area contributed by atoms with Crippen molar-refractivity contribution in [2.24, 2.45) is 0 Å². The Morgan fingerprint density at radius 1 is 1.39 bits per heavy atom. The molecule has 1 aliphatic carbocycles. The molecule has 0 saturated heterocycles. The molecule has 5 heteroatoms. The molecule has 0 amide bonds. The molecule has 0 bridgehead atoms. The minimum atomic E-state index is -3.37. The highest BCUT2D eigenvalue weighted by Crippen LogP contribution is 2.46. The number of rotatable bonds is 3. The molecule has 1 fully saturated rings. The largest absolute Gasteiger partial charge is 0.497 e. The second kappa shape index (κ2) is 4.29. The molecule has 0 aromatic heterocycles. The molecule has 1 aliphatic rings. The summed E-state index contributed by atoms with van der Waals surface area (Å²) in [6.45, 7) is 0. The van der Waals surface area contributed by atoms with Crippen LogP contribution in [0.2, 0.25) is 0 Å². The van der Waals surface area contributed by atoms with Crippen LogP contribution in [0.25, 0.3) is 0 Å². The summed E-state index contributed by atoms with van der Waals surface area (Å²) >= 11 is 0. The average molecular weight is 265 g/mol. The van der Waals surface area contributed by atoms with E-state index >= 15 is 0 Å². The van der Waals surface area contributed by atoms with Gasteiger partial charge in [0.15, 0.2) is 9.84 Å². The quantitative estimate of drug-likeness (QED) is 0.838. The van der Waals surface area contributed by atoms with Crippen molar-refractivity contribution in [3.05, 3.63) is 23.8 Å². The lowest BCUT2D eigenvalue weighted by Crippen LogP contribution is -2.33. The molecule has 0 unspecified atom stereocenters. The molecule has 0 heterocycles. The topological polar surface area (TPSA) is 67.2 Å². The summed E-state index contributed by atoms with van der Waals surface area (Å²) in [7, 11) is -1.88. The predicted octanol–water partition coefficient (Wildman–Crippen LogP) is 2.04. The van der Waals surface area contributed by atoms with Gasteiger partial charge in [0.25, 0.3) is 0 Å². The first-order valence-electron chi connectivity index (χ1n) is 5.73. The molecule has 0 N–H and O–H groups in total. The lowest BCUT2D eigenvalue weighted by molar-refractivity contribution is 0.318. The van der Waals surface area contributed by atoms with Crippen LogP contribution in [0.3, 0.4) is 0 Å². The Morgan fingerprint density at radius 3 is 2.44 bits per heavy atom. The zero-order valence-electron chi connectivity index (χ0n) is 10.4. The second-order valence-corrected chi connectivity index (χ2v) is 6.67. The molecule has 0 aliphatic heterocycles. The lowest BCUT2D eigenvalue weighted by Gasteiger charge is -2.36. The Labute approximate surface area is 107 Å². The van der Waals surface area contributed by atoms with E-state index in [-0.39, 0.29) is 4.90 Å². The Kier molecular flexibility index (Phi) is 3.07. The van der Waals surface area contributed by atoms with E-state index in [9.17, 15) is 13.7 Å². The number of hydrogen-bond acceptors (Lipinski definition) is 4. The molecule has 1 aromatic rings. The zero-order chi connectivity index (χ0) is 13.4. The van der Waals surface area contributed by atoms with Crippen molar-refractivity contribution in [3.63, 3.8) is 0 Å². The fraction of sp³-hybridized carbons (Fsp3) is 0.462. The number of sulfone groups is 1. The molecule has 18 heavy (non-hydrogen) atoms. The predicted molar refractivity (Wildman–Crippen MR) is 67.2 cm³/mol. The summed E-state index contributed by atoms with van der Waals surface area (Å²) in [4.78, 5) is 0.211. The van der Waals surface area contributed by atoms with Crippen LogP contribution < -0.4 is 4.74 Å². The van der Waals surface area contributed by atoms with Gasteiger partial charge in [0.05, 0.1) is 23.5 Å². The highest BCUT2D eigenvalue weighted by Gasteiger charge is 2.42. The van der Waals surface area contributed by atoms with Gasteiger partial charge in [-0.25, -0.2) is 8.42 Å². The van der Waals surface area contributed by atoms with Crippen molar-refractivity contribution in [1.29, 1.82) is 5.26 Å². The first-order valence-corrected chi connectivity index (χ1v) is 7.62. The van der Waals surface area contributed by atoms with Crippen LogP contribution in [0.1, 0.15) is 24.8 Å². The molecule has 0 spiro atoms. The third-order valence-corrected chi connectivity index (χ3v) is 4.66. The van der Waals surface area contributed by atoms with Gasteiger partial charge in [-0.15, -0.1) is 0 Å². The summed E-state index contributed by atoms with van der Waals surface area (Å²) in [6, 6.07) is 7.19. The van der Waals surface area contributed by atoms with Gasteiger partial charge in [0.1, 0.15) is 5.75 Å². The first-order chi connectivity index (χ1) is 8.43. The van der Waals surface area contributed by atoms with Gasteiger partial charge in [0, 0.05) is 6.26 Å². The average Bonchev–Trinajstić information content (AvgIpc) is 2.27. The van der Waals surface area contributed by atoms with Crippen LogP contribution >= 0.6 is 0 Å². The van der Waals surface area contributed by atoms with Crippen molar-refractivity contribution < 1.29 is 13.2 Å². The molecule has 1 saturated carbocycles. The third-order valence-electron chi connectivity index (χ3n) is 3.52. The molecule has 0 radical (unpaired) electrons. The van der Waals surface area contributed by atoms with E-state index in [0.29, 0.717) is 11.3 Å². The number of benzene rings is 1. The van der Waals surface area contributed by atoms with Crippen LogP contribution in [0, 0.1) is 11.3 Å². The van der Waals surface area contributed by atoms with E-state index in [1.54, 1.807) is 12.1 Å². The number of nitriles is 1. The number of ether oxygens (including phenoxy) is 1. The second-order valence-electron chi connectivity index (χ2n) is 4.68. The third kappa shape index (κ3) is 1.97. The van der Waals surface area contributed by atoms with E-state index in [0.717, 1.165) is 25.5 Å². The molecule has 4 nitrogen and oxygen atoms in total. The minimum Gasteiger partial charge on any atom is -0.497 e. The maximum Gasteiger partial charge on any atom is 0.175 e. The fourth-order valence-electron chi connectivity index (χ4n) is 2.30. The monoisotopic (exact) mass is 265 g/mol. The fourth-order valence-corrected chi connectivity index (χ4v) is 3.30. The summed E-state index contributed by atoms with van der Waals surface area (Å²) in [5.41, 5.74) is -0.0235. The lowest BCUT2D eigenvalue weighted by atomic mass is 9.65. The SMILES string of the molecule is COc1ccc(C2(C#N)CCC2)c(S(C)(=O)=O)c1. The smallest absolute Gasteiger partial charge is 0.175 e. The number of nitrogens with zero attached hydrogens (tertiary/aromatic N) is 1. The van der Waals surface area contributed by atoms with Gasteiger partial charge in [-0.05, 0) is 37.0 Å². The van der Waals surface area contributed by atoms with Gasteiger partial charge < -0.3 is 4.74 Å². The van der Waals surface area contributed by atoms with Crippen molar-refractivity contribution >= 4 is 9.84 Å². The van der Waals surface area contributed by atoms with Crippen molar-refractivity contribution in [1.82, 2.24) is 0 Å². The van der Waals surface area contributed by atoms with E-state index < -0.39 is 15.3 Å². The molecule has 2 rings (SSSR count). The molecular weight excluding hydrogens is 250 g/mol. The van der Waals surface area contributed by atoms with Gasteiger partial charge in [-0.2, -0.15) is 5.26 Å². The first kappa shape index (κ1) is 12.9. The van der Waals surface area contributed by atoms with E-state index in [1.807, 2.05) is 0 Å². The van der Waals surface area contributed by atoms with Crippen LogP contribution in [0.4, 0.5) is 0 Å². The van der Waals surface area contributed by atoms with Gasteiger partial charge >= 0.3 is 0 Å². The van der Waals surface area contributed by atoms with Crippen molar-refractivity contribution in [2.45, 2.75) is 29.6 Å². The molecule has 1 aromatic carbocycles. The molecule has 96 valence electrons. The van der Waals surface area contributed by atoms with Gasteiger partial charge in [0.2, 0.25) is 0 Å². The van der Waals surface area contributed by atoms with E-state index in [4.69, 9.17) is 4.74 Å². The van der Waals surface area contributed by atoms with Crippen LogP contribution in [0.5, 0.6) is 5.75 Å². The van der Waals surface area contributed by atoms with E-state index in [2.05, 4.69) is 6.07 Å². The standard InChI is InChI=1S/C13H15NO3S/c1-17-10-4-5-11(12(8-10)18(2,15)16)13(9-14)6-3-7-13/h4-5,8H,3,6-7H2,1-2H3. The van der Waals surface area contributed by atoms with E-state index in [1.165, 1.54) is 13.2 Å². The highest BCUT2D eigenvalue weighted by atomic mass is 32.2. The molecule has 0 atom stereocenters. The summed E-state index contributed by atoms with van der Waals surface area (Å²) < 4.78 is 28.8. The Bertz CT molecular complexity index is 610. The van der Waals surface area contributed by atoms with Crippen LogP contribution in [-0.2, 0) is 15.3 Å². The van der Waals surface area contributed by atoms with Crippen molar-refractivity contribution in [2.75, 3.05) is 13.4 Å². The van der Waals surface area contributed by atoms with Crippen molar-refractivity contribution in [3.8, 4) is 11.8 Å². The number of hydrogen-bond donors (Lipinski definition) is 0. The summed E-state index contributed by atoms with van der Waals surface area (Å²) in [5, 5.41) is 9.33. The van der Waals surface area contributed by atoms with Crippen LogP contribution in [0.15, 0.2) is 23.1 Å². The summed E-state index contributed by atoms with van der Waals surface area (Å²) in [6.07, 6.45) is 3.56. The number of methoxy groups -OCH3 is 1. The summed E-state index contributed by atoms with van der Waals surface area (Å²) in [5.74, 6) is 0.492. The maximum absolute atomic E-state index is 11.9. The van der Waals surface area contributed by atoms with Gasteiger partial charge in [-0.1, -0.05) is 6.07 Å². The maximum atomic E-state index is 11.9. The molecular formula is C13H15NO3S. The highest BCUT2D eigenvalue weighted by molar-refractivity contribution is 7.90. The normalized spacial score (nSPS) is 17.6. The zero-order valence-corrected chi connectivity index (χ0v) is 11.3. The minimum absolute atomic E-state index is 0.211. The van der Waals surface area contributed by atoms with Gasteiger partial charge in [-0.3, -0.25) is 0 Å².